The number of nitrogens with two attached hydrogens (primary N) is 1. The van der Waals surface area contributed by atoms with Gasteiger partial charge in [-0.05, 0) is 24.6 Å². The van der Waals surface area contributed by atoms with Crippen LogP contribution < -0.4 is 10.5 Å². The van der Waals surface area contributed by atoms with Crippen LogP contribution in [-0.4, -0.2) is 42.7 Å². The maximum atomic E-state index is 11.8. The predicted octanol–water partition coefficient (Wildman–Crippen LogP) is 0.878. The Balaban J connectivity index is 2.53. The van der Waals surface area contributed by atoms with Crippen molar-refractivity contribution in [2.24, 2.45) is 5.73 Å². The Kier molecular flexibility index (Phi) is 6.64. The molecule has 0 heterocycles. The van der Waals surface area contributed by atoms with E-state index in [1.165, 1.54) is 0 Å². The second-order valence-electron chi connectivity index (χ2n) is 4.55. The van der Waals surface area contributed by atoms with E-state index in [-0.39, 0.29) is 23.3 Å². The summed E-state index contributed by atoms with van der Waals surface area (Å²) in [6.07, 6.45) is 1.14. The number of hydrogen-bond acceptors (Lipinski definition) is 5. The molecule has 2 unspecified atom stereocenters. The van der Waals surface area contributed by atoms with Crippen LogP contribution in [-0.2, 0) is 20.6 Å². The lowest BCUT2D eigenvalue weighted by atomic mass is 10.1. The van der Waals surface area contributed by atoms with E-state index < -0.39 is 20.6 Å². The summed E-state index contributed by atoms with van der Waals surface area (Å²) in [5.41, 5.74) is 6.84. The summed E-state index contributed by atoms with van der Waals surface area (Å²) in [5.74, 6) is 1.07. The molecular weight excluding hydrogens is 298 g/mol. The molecule has 0 aliphatic heterocycles. The molecule has 0 amide bonds. The molecular formula is C13H21NO4S2. The monoisotopic (exact) mass is 319 g/mol. The average molecular weight is 319 g/mol. The van der Waals surface area contributed by atoms with Gasteiger partial charge in [-0.25, -0.2) is 8.42 Å². The maximum Gasteiger partial charge on any atom is 0.148 e. The van der Waals surface area contributed by atoms with Crippen molar-refractivity contribution in [1.82, 2.24) is 0 Å². The summed E-state index contributed by atoms with van der Waals surface area (Å²) in [4.78, 5) is 0. The second-order valence-corrected chi connectivity index (χ2v) is 8.43. The largest absolute Gasteiger partial charge is 0.494 e. The second kappa shape index (κ2) is 7.75. The SMILES string of the molecule is CCOc1ccc(C(N)CS(=O)CCS(C)(=O)=O)cc1. The highest BCUT2D eigenvalue weighted by atomic mass is 32.2. The minimum absolute atomic E-state index is 0.0738. The number of sulfone groups is 1. The molecule has 1 aromatic carbocycles. The first-order valence-electron chi connectivity index (χ1n) is 6.33. The molecule has 114 valence electrons. The maximum absolute atomic E-state index is 11.8. The number of rotatable bonds is 8. The van der Waals surface area contributed by atoms with Gasteiger partial charge in [-0.1, -0.05) is 12.1 Å². The molecule has 0 bridgehead atoms. The van der Waals surface area contributed by atoms with Gasteiger partial charge in [0, 0.05) is 34.6 Å². The zero-order valence-corrected chi connectivity index (χ0v) is 13.4. The molecule has 0 spiro atoms. The van der Waals surface area contributed by atoms with Gasteiger partial charge in [-0.3, -0.25) is 4.21 Å². The molecule has 0 aliphatic rings. The van der Waals surface area contributed by atoms with Crippen LogP contribution >= 0.6 is 0 Å². The van der Waals surface area contributed by atoms with Crippen LogP contribution in [0.2, 0.25) is 0 Å². The van der Waals surface area contributed by atoms with E-state index in [1.807, 2.05) is 31.2 Å². The third-order valence-corrected chi connectivity index (χ3v) is 5.26. The zero-order chi connectivity index (χ0) is 15.2. The van der Waals surface area contributed by atoms with E-state index >= 15 is 0 Å². The zero-order valence-electron chi connectivity index (χ0n) is 11.7. The number of hydrogen-bond donors (Lipinski definition) is 1. The summed E-state index contributed by atoms with van der Waals surface area (Å²) in [6, 6.07) is 6.94. The van der Waals surface area contributed by atoms with Gasteiger partial charge in [0.2, 0.25) is 0 Å². The highest BCUT2D eigenvalue weighted by molar-refractivity contribution is 7.92. The Morgan fingerprint density at radius 2 is 1.90 bits per heavy atom. The lowest BCUT2D eigenvalue weighted by Crippen LogP contribution is -2.22. The standard InChI is InChI=1S/C13H21NO4S2/c1-3-18-12-6-4-11(5-7-12)13(14)10-19(15)8-9-20(2,16)17/h4-7,13H,3,8-10,14H2,1-2H3. The fraction of sp³-hybridized carbons (Fsp3) is 0.538. The average Bonchev–Trinajstić information content (AvgIpc) is 2.37. The molecule has 0 radical (unpaired) electrons. The molecule has 0 saturated heterocycles. The molecule has 1 aromatic rings. The normalized spacial score (nSPS) is 14.8. The van der Waals surface area contributed by atoms with Crippen molar-refractivity contribution in [3.63, 3.8) is 0 Å². The molecule has 20 heavy (non-hydrogen) atoms. The smallest absolute Gasteiger partial charge is 0.148 e. The van der Waals surface area contributed by atoms with E-state index in [4.69, 9.17) is 10.5 Å². The molecule has 0 fully saturated rings. The van der Waals surface area contributed by atoms with Crippen LogP contribution in [0.4, 0.5) is 0 Å². The summed E-state index contributed by atoms with van der Waals surface area (Å²) >= 11 is 0. The highest BCUT2D eigenvalue weighted by Gasteiger charge is 2.13. The Labute approximate surface area is 122 Å². The van der Waals surface area contributed by atoms with Crippen molar-refractivity contribution in [1.29, 1.82) is 0 Å². The fourth-order valence-corrected chi connectivity index (χ4v) is 4.32. The third kappa shape index (κ3) is 6.49. The van der Waals surface area contributed by atoms with E-state index in [0.29, 0.717) is 6.61 Å². The molecule has 0 aromatic heterocycles. The molecule has 0 saturated carbocycles. The third-order valence-electron chi connectivity index (χ3n) is 2.67. The Hall–Kier alpha value is -0.920. The summed E-state index contributed by atoms with van der Waals surface area (Å²) in [5, 5.41) is 0. The summed E-state index contributed by atoms with van der Waals surface area (Å²) in [7, 11) is -4.32. The van der Waals surface area contributed by atoms with Crippen LogP contribution in [0, 0.1) is 0 Å². The van der Waals surface area contributed by atoms with Crippen LogP contribution in [0.3, 0.4) is 0 Å². The van der Waals surface area contributed by atoms with Crippen molar-refractivity contribution in [2.45, 2.75) is 13.0 Å². The Morgan fingerprint density at radius 3 is 2.40 bits per heavy atom. The Bertz CT molecular complexity index is 540. The molecule has 0 aliphatic carbocycles. The molecule has 7 heteroatoms. The van der Waals surface area contributed by atoms with Gasteiger partial charge in [0.1, 0.15) is 15.6 Å². The van der Waals surface area contributed by atoms with Gasteiger partial charge in [0.25, 0.3) is 0 Å². The first-order valence-corrected chi connectivity index (χ1v) is 9.87. The van der Waals surface area contributed by atoms with Crippen molar-refractivity contribution in [3.05, 3.63) is 29.8 Å². The Morgan fingerprint density at radius 1 is 1.30 bits per heavy atom. The minimum Gasteiger partial charge on any atom is -0.494 e. The molecule has 2 N–H and O–H groups in total. The van der Waals surface area contributed by atoms with Gasteiger partial charge in [0.05, 0.1) is 12.4 Å². The van der Waals surface area contributed by atoms with Crippen molar-refractivity contribution in [3.8, 4) is 5.75 Å². The molecule has 2 atom stereocenters. The number of benzene rings is 1. The predicted molar refractivity (Wildman–Crippen MR) is 82.1 cm³/mol. The lowest BCUT2D eigenvalue weighted by molar-refractivity contribution is 0.340. The van der Waals surface area contributed by atoms with Gasteiger partial charge in [-0.15, -0.1) is 0 Å². The van der Waals surface area contributed by atoms with Gasteiger partial charge in [0.15, 0.2) is 0 Å². The van der Waals surface area contributed by atoms with Crippen LogP contribution in [0.25, 0.3) is 0 Å². The van der Waals surface area contributed by atoms with E-state index in [1.54, 1.807) is 0 Å². The molecule has 5 nitrogen and oxygen atoms in total. The van der Waals surface area contributed by atoms with Crippen LogP contribution in [0.5, 0.6) is 5.75 Å². The number of ether oxygens (including phenoxy) is 1. The van der Waals surface area contributed by atoms with E-state index in [0.717, 1.165) is 17.6 Å². The van der Waals surface area contributed by atoms with Crippen molar-refractivity contribution >= 4 is 20.6 Å². The van der Waals surface area contributed by atoms with Gasteiger partial charge < -0.3 is 10.5 Å². The minimum atomic E-state index is -3.08. The van der Waals surface area contributed by atoms with Crippen molar-refractivity contribution < 1.29 is 17.4 Å². The van der Waals surface area contributed by atoms with Gasteiger partial charge >= 0.3 is 0 Å². The first kappa shape index (κ1) is 17.1. The molecule has 1 rings (SSSR count). The van der Waals surface area contributed by atoms with Crippen molar-refractivity contribution in [2.75, 3.05) is 30.1 Å². The van der Waals surface area contributed by atoms with E-state index in [2.05, 4.69) is 0 Å². The highest BCUT2D eigenvalue weighted by Crippen LogP contribution is 2.17. The fourth-order valence-electron chi connectivity index (χ4n) is 1.60. The topological polar surface area (TPSA) is 86.5 Å². The van der Waals surface area contributed by atoms with Gasteiger partial charge in [-0.2, -0.15) is 0 Å². The van der Waals surface area contributed by atoms with E-state index in [9.17, 15) is 12.6 Å². The summed E-state index contributed by atoms with van der Waals surface area (Å²) in [6.45, 7) is 2.51. The quantitative estimate of drug-likeness (QED) is 0.768. The van der Waals surface area contributed by atoms with Crippen LogP contribution in [0.1, 0.15) is 18.5 Å². The lowest BCUT2D eigenvalue weighted by Gasteiger charge is -2.12. The first-order chi connectivity index (χ1) is 9.31. The summed E-state index contributed by atoms with van der Waals surface area (Å²) < 4.78 is 39.1. The van der Waals surface area contributed by atoms with Crippen LogP contribution in [0.15, 0.2) is 24.3 Å².